The maximum Gasteiger partial charge on any atom is 0.220 e. The summed E-state index contributed by atoms with van der Waals surface area (Å²) in [4.78, 5) is 14.2. The third-order valence-electron chi connectivity index (χ3n) is 3.30. The molecule has 0 saturated carbocycles. The third kappa shape index (κ3) is 2.26. The number of hydrogen-bond acceptors (Lipinski definition) is 2. The third-order valence-corrected chi connectivity index (χ3v) is 3.92. The van der Waals surface area contributed by atoms with Crippen LogP contribution < -0.4 is 5.32 Å². The Kier molecular flexibility index (Phi) is 3.06. The molecule has 19 heavy (non-hydrogen) atoms. The number of imidazole rings is 1. The number of benzene rings is 1. The van der Waals surface area contributed by atoms with Crippen molar-refractivity contribution in [3.05, 3.63) is 27.7 Å². The second-order valence-electron chi connectivity index (χ2n) is 4.63. The first-order chi connectivity index (χ1) is 9.04. The Bertz CT molecular complexity index is 724. The Hall–Kier alpha value is -1.40. The molecule has 1 saturated heterocycles. The first-order valence-electron chi connectivity index (χ1n) is 5.91. The highest BCUT2D eigenvalue weighted by molar-refractivity contribution is 7.71. The Morgan fingerprint density at radius 2 is 2.32 bits per heavy atom. The van der Waals surface area contributed by atoms with Crippen molar-refractivity contribution in [2.24, 2.45) is 0 Å². The number of nitrogens with zero attached hydrogens (tertiary/aromatic N) is 1. The van der Waals surface area contributed by atoms with Gasteiger partial charge in [0.25, 0.3) is 0 Å². The number of H-pyrrole nitrogens is 1. The average Bonchev–Trinajstić information content (AvgIpc) is 2.87. The summed E-state index contributed by atoms with van der Waals surface area (Å²) < 4.78 is 15.8. The van der Waals surface area contributed by atoms with E-state index < -0.39 is 5.82 Å². The van der Waals surface area contributed by atoms with Crippen LogP contribution in [0.15, 0.2) is 12.1 Å². The highest BCUT2D eigenvalue weighted by Gasteiger charge is 2.22. The minimum Gasteiger partial charge on any atom is -0.352 e. The van der Waals surface area contributed by atoms with E-state index in [4.69, 9.17) is 23.8 Å². The van der Waals surface area contributed by atoms with Crippen LogP contribution in [0.25, 0.3) is 11.0 Å². The van der Waals surface area contributed by atoms with E-state index in [2.05, 4.69) is 10.3 Å². The molecule has 1 unspecified atom stereocenters. The number of carbonyl (C=O) groups is 1. The Morgan fingerprint density at radius 1 is 1.53 bits per heavy atom. The molecule has 1 aliphatic rings. The summed E-state index contributed by atoms with van der Waals surface area (Å²) >= 11 is 11.0. The van der Waals surface area contributed by atoms with E-state index in [0.29, 0.717) is 28.8 Å². The molecule has 3 rings (SSSR count). The normalized spacial score (nSPS) is 19.1. The Balaban J connectivity index is 2.03. The molecule has 1 fully saturated rings. The molecule has 0 bridgehead atoms. The van der Waals surface area contributed by atoms with Crippen LogP contribution in [0.1, 0.15) is 12.8 Å². The maximum atomic E-state index is 13.6. The highest BCUT2D eigenvalue weighted by Crippen LogP contribution is 2.23. The van der Waals surface area contributed by atoms with E-state index in [0.717, 1.165) is 6.42 Å². The molecule has 0 radical (unpaired) electrons. The summed E-state index contributed by atoms with van der Waals surface area (Å²) in [5.41, 5.74) is 1.36. The number of aromatic amines is 1. The van der Waals surface area contributed by atoms with Gasteiger partial charge in [0.05, 0.1) is 16.1 Å². The lowest BCUT2D eigenvalue weighted by Crippen LogP contribution is -2.29. The van der Waals surface area contributed by atoms with Gasteiger partial charge in [0.1, 0.15) is 5.82 Å². The van der Waals surface area contributed by atoms with Gasteiger partial charge in [-0.15, -0.1) is 0 Å². The summed E-state index contributed by atoms with van der Waals surface area (Å²) in [5, 5.41) is 2.93. The predicted octanol–water partition coefficient (Wildman–Crippen LogP) is 2.77. The number of aromatic nitrogens is 2. The fourth-order valence-corrected chi connectivity index (χ4v) is 2.81. The van der Waals surface area contributed by atoms with Crippen LogP contribution in [0.3, 0.4) is 0 Å². The van der Waals surface area contributed by atoms with Gasteiger partial charge in [0.15, 0.2) is 4.77 Å². The zero-order chi connectivity index (χ0) is 13.6. The summed E-state index contributed by atoms with van der Waals surface area (Å²) in [7, 11) is 0. The molecule has 1 amide bonds. The van der Waals surface area contributed by atoms with Gasteiger partial charge in [-0.2, -0.15) is 0 Å². The lowest BCUT2D eigenvalue weighted by Gasteiger charge is -2.11. The number of hydrogen-bond donors (Lipinski definition) is 2. The van der Waals surface area contributed by atoms with E-state index in [1.54, 1.807) is 4.57 Å². The molecule has 2 heterocycles. The molecule has 1 atom stereocenters. The van der Waals surface area contributed by atoms with Crippen LogP contribution >= 0.6 is 23.8 Å². The van der Waals surface area contributed by atoms with E-state index in [1.165, 1.54) is 12.1 Å². The molecule has 0 aliphatic carbocycles. The summed E-state index contributed by atoms with van der Waals surface area (Å²) in [5.74, 6) is -0.432. The van der Waals surface area contributed by atoms with Crippen molar-refractivity contribution in [3.63, 3.8) is 0 Å². The molecule has 1 aromatic heterocycles. The smallest absolute Gasteiger partial charge is 0.220 e. The fraction of sp³-hybridized carbons (Fsp3) is 0.333. The van der Waals surface area contributed by atoms with Crippen LogP contribution in [0.2, 0.25) is 5.02 Å². The van der Waals surface area contributed by atoms with E-state index in [1.807, 2.05) is 0 Å². The second-order valence-corrected chi connectivity index (χ2v) is 5.42. The zero-order valence-electron chi connectivity index (χ0n) is 9.87. The fourth-order valence-electron chi connectivity index (χ4n) is 2.37. The summed E-state index contributed by atoms with van der Waals surface area (Å²) in [6, 6.07) is 2.92. The Labute approximate surface area is 118 Å². The van der Waals surface area contributed by atoms with Crippen LogP contribution in [-0.2, 0) is 11.3 Å². The number of nitrogens with one attached hydrogen (secondary N) is 2. The molecular weight excluding hydrogens is 289 g/mol. The Morgan fingerprint density at radius 3 is 3.00 bits per heavy atom. The van der Waals surface area contributed by atoms with Gasteiger partial charge >= 0.3 is 0 Å². The molecule has 1 aromatic carbocycles. The number of halogens is 2. The first-order valence-corrected chi connectivity index (χ1v) is 6.70. The minimum absolute atomic E-state index is 0.0388. The van der Waals surface area contributed by atoms with Gasteiger partial charge in [0, 0.05) is 25.1 Å². The molecule has 0 spiro atoms. The second kappa shape index (κ2) is 4.61. The van der Waals surface area contributed by atoms with Crippen LogP contribution in [0, 0.1) is 10.6 Å². The predicted molar refractivity (Wildman–Crippen MR) is 73.3 cm³/mol. The van der Waals surface area contributed by atoms with Gasteiger partial charge in [-0.05, 0) is 24.7 Å². The summed E-state index contributed by atoms with van der Waals surface area (Å²) in [6.07, 6.45) is 1.30. The van der Waals surface area contributed by atoms with Crippen molar-refractivity contribution in [2.45, 2.75) is 25.4 Å². The number of rotatable bonds is 2. The van der Waals surface area contributed by atoms with Crippen molar-refractivity contribution in [3.8, 4) is 0 Å². The van der Waals surface area contributed by atoms with Gasteiger partial charge in [-0.25, -0.2) is 4.39 Å². The SMILES string of the molecule is O=C1CCC(Cn2c(=S)[nH]c3cc(Cl)c(F)cc32)N1. The lowest BCUT2D eigenvalue weighted by atomic mass is 10.2. The topological polar surface area (TPSA) is 49.8 Å². The van der Waals surface area contributed by atoms with E-state index in [-0.39, 0.29) is 17.0 Å². The van der Waals surface area contributed by atoms with Gasteiger partial charge in [-0.1, -0.05) is 11.6 Å². The van der Waals surface area contributed by atoms with Crippen LogP contribution in [0.4, 0.5) is 4.39 Å². The molecule has 2 N–H and O–H groups in total. The van der Waals surface area contributed by atoms with Crippen molar-refractivity contribution in [1.82, 2.24) is 14.9 Å². The van der Waals surface area contributed by atoms with Gasteiger partial charge in [-0.3, -0.25) is 4.79 Å². The van der Waals surface area contributed by atoms with Crippen molar-refractivity contribution >= 4 is 40.8 Å². The first kappa shape index (κ1) is 12.6. The molecular formula is C12H11ClFN3OS. The number of carbonyl (C=O) groups excluding carboxylic acids is 1. The zero-order valence-corrected chi connectivity index (χ0v) is 11.4. The number of amides is 1. The molecule has 1 aliphatic heterocycles. The van der Waals surface area contributed by atoms with Crippen molar-refractivity contribution in [1.29, 1.82) is 0 Å². The maximum absolute atomic E-state index is 13.6. The van der Waals surface area contributed by atoms with E-state index in [9.17, 15) is 9.18 Å². The monoisotopic (exact) mass is 299 g/mol. The minimum atomic E-state index is -0.479. The summed E-state index contributed by atoms with van der Waals surface area (Å²) in [6.45, 7) is 0.533. The number of fused-ring (bicyclic) bond motifs is 1. The van der Waals surface area contributed by atoms with Crippen LogP contribution in [-0.4, -0.2) is 21.5 Å². The van der Waals surface area contributed by atoms with Gasteiger partial charge < -0.3 is 14.9 Å². The van der Waals surface area contributed by atoms with E-state index >= 15 is 0 Å². The molecule has 7 heteroatoms. The largest absolute Gasteiger partial charge is 0.352 e. The molecule has 100 valence electrons. The lowest BCUT2D eigenvalue weighted by molar-refractivity contribution is -0.119. The van der Waals surface area contributed by atoms with Gasteiger partial charge in [0.2, 0.25) is 5.91 Å². The van der Waals surface area contributed by atoms with Crippen molar-refractivity contribution < 1.29 is 9.18 Å². The quantitative estimate of drug-likeness (QED) is 0.838. The average molecular weight is 300 g/mol. The standard InChI is InChI=1S/C12H11ClFN3OS/c13-7-3-9-10(4-8(7)14)17(12(19)16-9)5-6-1-2-11(18)15-6/h3-4,6H,1-2,5H2,(H,15,18)(H,16,19). The molecule has 4 nitrogen and oxygen atoms in total. The van der Waals surface area contributed by atoms with Crippen molar-refractivity contribution in [2.75, 3.05) is 0 Å². The van der Waals surface area contributed by atoms with Crippen LogP contribution in [0.5, 0.6) is 0 Å². The molecule has 2 aromatic rings. The highest BCUT2D eigenvalue weighted by atomic mass is 35.5.